The van der Waals surface area contributed by atoms with Gasteiger partial charge in [-0.1, -0.05) is 53.5 Å². The smallest absolute Gasteiger partial charge is 0.0595 e. The zero-order valence-electron chi connectivity index (χ0n) is 11.9. The van der Waals surface area contributed by atoms with Crippen molar-refractivity contribution in [1.29, 1.82) is 0 Å². The van der Waals surface area contributed by atoms with Crippen molar-refractivity contribution >= 4 is 35.6 Å². The summed E-state index contributed by atoms with van der Waals surface area (Å²) in [5.41, 5.74) is 3.82. The van der Waals surface area contributed by atoms with Crippen LogP contribution in [0.3, 0.4) is 0 Å². The molecule has 0 fully saturated rings. The molecule has 0 amide bonds. The standard InChI is InChI=1S/C17H17Cl2NO.ClH/c18-15-6-5-11(9-16(15)19)14-10-17(20-7-8-21)13-4-2-1-3-12(13)14;/h1-6,9,14,17,20-21H,7-8,10H2;1H. The Labute approximate surface area is 146 Å². The summed E-state index contributed by atoms with van der Waals surface area (Å²) in [6, 6.07) is 14.6. The van der Waals surface area contributed by atoms with Gasteiger partial charge in [0.2, 0.25) is 0 Å². The molecule has 2 aromatic carbocycles. The highest BCUT2D eigenvalue weighted by atomic mass is 35.5. The van der Waals surface area contributed by atoms with Gasteiger partial charge < -0.3 is 10.4 Å². The lowest BCUT2D eigenvalue weighted by Crippen LogP contribution is -2.22. The molecule has 0 saturated heterocycles. The van der Waals surface area contributed by atoms with Crippen LogP contribution in [0.15, 0.2) is 42.5 Å². The Kier molecular flexibility index (Phi) is 6.13. The number of hydrogen-bond donors (Lipinski definition) is 2. The van der Waals surface area contributed by atoms with Crippen LogP contribution >= 0.6 is 35.6 Å². The Morgan fingerprint density at radius 3 is 2.45 bits per heavy atom. The van der Waals surface area contributed by atoms with Crippen molar-refractivity contribution in [3.63, 3.8) is 0 Å². The number of fused-ring (bicyclic) bond motifs is 1. The summed E-state index contributed by atoms with van der Waals surface area (Å²) in [7, 11) is 0. The van der Waals surface area contributed by atoms with E-state index in [1.807, 2.05) is 18.2 Å². The summed E-state index contributed by atoms with van der Waals surface area (Å²) in [4.78, 5) is 0. The molecule has 0 bridgehead atoms. The number of benzene rings is 2. The molecule has 2 nitrogen and oxygen atoms in total. The number of nitrogens with one attached hydrogen (secondary N) is 1. The third-order valence-corrected chi connectivity index (χ3v) is 4.81. The summed E-state index contributed by atoms with van der Waals surface area (Å²) in [5, 5.41) is 13.6. The van der Waals surface area contributed by atoms with Crippen LogP contribution in [-0.2, 0) is 0 Å². The highest BCUT2D eigenvalue weighted by Gasteiger charge is 2.31. The Bertz CT molecular complexity index is 648. The molecule has 0 aromatic heterocycles. The lowest BCUT2D eigenvalue weighted by atomic mass is 9.93. The summed E-state index contributed by atoms with van der Waals surface area (Å²) < 4.78 is 0. The molecule has 22 heavy (non-hydrogen) atoms. The fourth-order valence-corrected chi connectivity index (χ4v) is 3.42. The summed E-state index contributed by atoms with van der Waals surface area (Å²) in [5.74, 6) is 0.312. The van der Waals surface area contributed by atoms with E-state index in [0.717, 1.165) is 6.42 Å². The van der Waals surface area contributed by atoms with Crippen molar-refractivity contribution in [2.75, 3.05) is 13.2 Å². The zero-order chi connectivity index (χ0) is 14.8. The number of aliphatic hydroxyl groups is 1. The first-order valence-electron chi connectivity index (χ1n) is 7.08. The molecule has 0 radical (unpaired) electrons. The van der Waals surface area contributed by atoms with E-state index in [0.29, 0.717) is 22.5 Å². The van der Waals surface area contributed by atoms with E-state index >= 15 is 0 Å². The lowest BCUT2D eigenvalue weighted by Gasteiger charge is -2.14. The Morgan fingerprint density at radius 2 is 1.77 bits per heavy atom. The maximum absolute atomic E-state index is 9.03. The SMILES string of the molecule is Cl.OCCNC1CC(c2ccc(Cl)c(Cl)c2)c2ccccc21. The monoisotopic (exact) mass is 357 g/mol. The number of halogens is 3. The molecular formula is C17H18Cl3NO. The predicted molar refractivity (Wildman–Crippen MR) is 94.4 cm³/mol. The second kappa shape index (κ2) is 7.67. The topological polar surface area (TPSA) is 32.3 Å². The molecule has 2 aromatic rings. The first-order chi connectivity index (χ1) is 10.2. The molecule has 0 saturated carbocycles. The van der Waals surface area contributed by atoms with Gasteiger partial charge in [-0.25, -0.2) is 0 Å². The summed E-state index contributed by atoms with van der Waals surface area (Å²) in [6.07, 6.45) is 0.970. The van der Waals surface area contributed by atoms with Crippen LogP contribution in [0.25, 0.3) is 0 Å². The average molecular weight is 359 g/mol. The van der Waals surface area contributed by atoms with E-state index in [-0.39, 0.29) is 25.1 Å². The van der Waals surface area contributed by atoms with E-state index in [4.69, 9.17) is 28.3 Å². The van der Waals surface area contributed by atoms with Crippen LogP contribution in [0.1, 0.15) is 35.1 Å². The van der Waals surface area contributed by atoms with Crippen LogP contribution < -0.4 is 5.32 Å². The van der Waals surface area contributed by atoms with Crippen LogP contribution in [0, 0.1) is 0 Å². The van der Waals surface area contributed by atoms with Crippen LogP contribution in [0.2, 0.25) is 10.0 Å². The van der Waals surface area contributed by atoms with Crippen molar-refractivity contribution in [1.82, 2.24) is 5.32 Å². The van der Waals surface area contributed by atoms with Crippen LogP contribution in [0.4, 0.5) is 0 Å². The molecule has 0 aliphatic heterocycles. The molecular weight excluding hydrogens is 341 g/mol. The third-order valence-electron chi connectivity index (χ3n) is 4.07. The molecule has 2 N–H and O–H groups in total. The van der Waals surface area contributed by atoms with Gasteiger partial charge in [-0.05, 0) is 35.2 Å². The number of rotatable bonds is 4. The van der Waals surface area contributed by atoms with Gasteiger partial charge in [0.05, 0.1) is 16.7 Å². The fraction of sp³-hybridized carbons (Fsp3) is 0.294. The Hall–Kier alpha value is -0.770. The first kappa shape index (κ1) is 17.6. The molecule has 1 aliphatic carbocycles. The first-order valence-corrected chi connectivity index (χ1v) is 7.84. The second-order valence-corrected chi connectivity index (χ2v) is 6.14. The highest BCUT2D eigenvalue weighted by molar-refractivity contribution is 6.42. The van der Waals surface area contributed by atoms with E-state index in [1.165, 1.54) is 16.7 Å². The van der Waals surface area contributed by atoms with Crippen molar-refractivity contribution in [2.45, 2.75) is 18.4 Å². The van der Waals surface area contributed by atoms with Crippen LogP contribution in [0.5, 0.6) is 0 Å². The number of hydrogen-bond acceptors (Lipinski definition) is 2. The minimum absolute atomic E-state index is 0. The van der Waals surface area contributed by atoms with Gasteiger partial charge >= 0.3 is 0 Å². The minimum Gasteiger partial charge on any atom is -0.395 e. The molecule has 0 heterocycles. The maximum atomic E-state index is 9.03. The quantitative estimate of drug-likeness (QED) is 0.839. The van der Waals surface area contributed by atoms with Gasteiger partial charge in [0.1, 0.15) is 0 Å². The molecule has 1 aliphatic rings. The lowest BCUT2D eigenvalue weighted by molar-refractivity contribution is 0.283. The van der Waals surface area contributed by atoms with Crippen LogP contribution in [-0.4, -0.2) is 18.3 Å². The van der Waals surface area contributed by atoms with Gasteiger partial charge in [0, 0.05) is 18.5 Å². The molecule has 5 heteroatoms. The second-order valence-electron chi connectivity index (χ2n) is 5.32. The normalized spacial score (nSPS) is 19.6. The van der Waals surface area contributed by atoms with Crippen molar-refractivity contribution in [2.24, 2.45) is 0 Å². The van der Waals surface area contributed by atoms with E-state index < -0.39 is 0 Å². The molecule has 118 valence electrons. The fourth-order valence-electron chi connectivity index (χ4n) is 3.11. The molecule has 2 unspecified atom stereocenters. The maximum Gasteiger partial charge on any atom is 0.0595 e. The van der Waals surface area contributed by atoms with Crippen molar-refractivity contribution < 1.29 is 5.11 Å². The summed E-state index contributed by atoms with van der Waals surface area (Å²) in [6.45, 7) is 0.753. The Balaban J connectivity index is 0.00000176. The van der Waals surface area contributed by atoms with E-state index in [2.05, 4.69) is 29.6 Å². The van der Waals surface area contributed by atoms with Gasteiger partial charge in [-0.15, -0.1) is 12.4 Å². The Morgan fingerprint density at radius 1 is 1.05 bits per heavy atom. The summed E-state index contributed by atoms with van der Waals surface area (Å²) >= 11 is 12.2. The van der Waals surface area contributed by atoms with Gasteiger partial charge in [-0.2, -0.15) is 0 Å². The largest absolute Gasteiger partial charge is 0.395 e. The van der Waals surface area contributed by atoms with Crippen molar-refractivity contribution in [3.8, 4) is 0 Å². The average Bonchev–Trinajstić information content (AvgIpc) is 2.87. The van der Waals surface area contributed by atoms with Crippen molar-refractivity contribution in [3.05, 3.63) is 69.2 Å². The molecule has 2 atom stereocenters. The van der Waals surface area contributed by atoms with Gasteiger partial charge in [0.25, 0.3) is 0 Å². The molecule has 3 rings (SSSR count). The highest BCUT2D eigenvalue weighted by Crippen LogP contribution is 2.44. The van der Waals surface area contributed by atoms with E-state index in [1.54, 1.807) is 0 Å². The number of aliphatic hydroxyl groups excluding tert-OH is 1. The zero-order valence-corrected chi connectivity index (χ0v) is 14.3. The third kappa shape index (κ3) is 3.42. The minimum atomic E-state index is 0. The molecule has 0 spiro atoms. The van der Waals surface area contributed by atoms with Gasteiger partial charge in [-0.3, -0.25) is 0 Å². The van der Waals surface area contributed by atoms with E-state index in [9.17, 15) is 0 Å². The van der Waals surface area contributed by atoms with Gasteiger partial charge in [0.15, 0.2) is 0 Å². The predicted octanol–water partition coefficient (Wildman–Crippen LogP) is 4.57.